The van der Waals surface area contributed by atoms with E-state index in [4.69, 9.17) is 9.47 Å². The summed E-state index contributed by atoms with van der Waals surface area (Å²) in [6.07, 6.45) is 1.76. The van der Waals surface area contributed by atoms with Crippen LogP contribution in [0.15, 0.2) is 35.1 Å². The van der Waals surface area contributed by atoms with Gasteiger partial charge >= 0.3 is 0 Å². The predicted molar refractivity (Wildman–Crippen MR) is 116 cm³/mol. The SMILES string of the molecule is CCc1c(C)nc2cc(C3CCN(Cc4cccc(OCCOC)c4)C3)[nH]n2c1=O. The van der Waals surface area contributed by atoms with Crippen molar-refractivity contribution in [1.82, 2.24) is 19.5 Å². The van der Waals surface area contributed by atoms with Crippen molar-refractivity contribution < 1.29 is 9.47 Å². The van der Waals surface area contributed by atoms with E-state index in [2.05, 4.69) is 27.1 Å². The summed E-state index contributed by atoms with van der Waals surface area (Å²) in [6.45, 7) is 7.91. The molecular formula is C23H30N4O3. The molecule has 1 aromatic carbocycles. The molecule has 3 aromatic rings. The molecule has 1 unspecified atom stereocenters. The lowest BCUT2D eigenvalue weighted by atomic mass is 10.1. The Bertz CT molecular complexity index is 1070. The Labute approximate surface area is 176 Å². The Morgan fingerprint density at radius 2 is 2.13 bits per heavy atom. The van der Waals surface area contributed by atoms with E-state index in [0.717, 1.165) is 48.8 Å². The van der Waals surface area contributed by atoms with Crippen LogP contribution in [0.2, 0.25) is 0 Å². The van der Waals surface area contributed by atoms with Crippen LogP contribution in [0.3, 0.4) is 0 Å². The second-order valence-corrected chi connectivity index (χ2v) is 7.95. The number of fused-ring (bicyclic) bond motifs is 1. The van der Waals surface area contributed by atoms with E-state index in [1.807, 2.05) is 32.0 Å². The number of ether oxygens (including phenoxy) is 2. The van der Waals surface area contributed by atoms with Crippen LogP contribution in [-0.4, -0.2) is 52.9 Å². The third kappa shape index (κ3) is 4.27. The number of H-pyrrole nitrogens is 1. The van der Waals surface area contributed by atoms with E-state index in [9.17, 15) is 4.79 Å². The predicted octanol–water partition coefficient (Wildman–Crippen LogP) is 2.91. The molecule has 1 saturated heterocycles. The van der Waals surface area contributed by atoms with Gasteiger partial charge in [0.2, 0.25) is 0 Å². The first-order valence-corrected chi connectivity index (χ1v) is 10.6. The standard InChI is InChI=1S/C23H30N4O3/c1-4-20-16(2)24-22-13-21(25-27(22)23(20)28)18-8-9-26(15-18)14-17-6-5-7-19(12-17)30-11-10-29-3/h5-7,12-13,18,25H,4,8-11,14-15H2,1-3H3. The number of aromatic nitrogens is 3. The van der Waals surface area contributed by atoms with Crippen molar-refractivity contribution >= 4 is 5.65 Å². The molecule has 7 nitrogen and oxygen atoms in total. The van der Waals surface area contributed by atoms with Crippen LogP contribution in [0.1, 0.15) is 41.8 Å². The lowest BCUT2D eigenvalue weighted by molar-refractivity contribution is 0.146. The fourth-order valence-corrected chi connectivity index (χ4v) is 4.27. The lowest BCUT2D eigenvalue weighted by Gasteiger charge is -2.16. The van der Waals surface area contributed by atoms with E-state index in [1.54, 1.807) is 11.6 Å². The van der Waals surface area contributed by atoms with Crippen LogP contribution in [0.25, 0.3) is 5.65 Å². The first-order chi connectivity index (χ1) is 14.6. The molecule has 1 atom stereocenters. The van der Waals surface area contributed by atoms with Gasteiger partial charge in [-0.15, -0.1) is 0 Å². The number of benzene rings is 1. The summed E-state index contributed by atoms with van der Waals surface area (Å²) < 4.78 is 12.4. The van der Waals surface area contributed by atoms with Crippen LogP contribution in [0.4, 0.5) is 0 Å². The summed E-state index contributed by atoms with van der Waals surface area (Å²) in [4.78, 5) is 19.8. The average Bonchev–Trinajstić information content (AvgIpc) is 3.36. The number of rotatable bonds is 8. The van der Waals surface area contributed by atoms with Gasteiger partial charge in [-0.1, -0.05) is 19.1 Å². The van der Waals surface area contributed by atoms with E-state index in [0.29, 0.717) is 31.2 Å². The van der Waals surface area contributed by atoms with Gasteiger partial charge in [0, 0.05) is 49.1 Å². The number of hydrogen-bond acceptors (Lipinski definition) is 5. The quantitative estimate of drug-likeness (QED) is 0.578. The normalized spacial score (nSPS) is 17.1. The molecule has 0 bridgehead atoms. The lowest BCUT2D eigenvalue weighted by Crippen LogP contribution is -2.22. The van der Waals surface area contributed by atoms with Crippen molar-refractivity contribution in [2.24, 2.45) is 0 Å². The second-order valence-electron chi connectivity index (χ2n) is 7.95. The van der Waals surface area contributed by atoms with Crippen molar-refractivity contribution in [2.45, 2.75) is 39.2 Å². The minimum absolute atomic E-state index is 0.0198. The van der Waals surface area contributed by atoms with Crippen LogP contribution in [-0.2, 0) is 17.7 Å². The fraction of sp³-hybridized carbons (Fsp3) is 0.478. The zero-order valence-corrected chi connectivity index (χ0v) is 18.0. The van der Waals surface area contributed by atoms with Gasteiger partial charge in [0.15, 0.2) is 5.65 Å². The highest BCUT2D eigenvalue weighted by Crippen LogP contribution is 2.28. The summed E-state index contributed by atoms with van der Waals surface area (Å²) in [5.74, 6) is 1.25. The first-order valence-electron chi connectivity index (χ1n) is 10.6. The molecule has 160 valence electrons. The Morgan fingerprint density at radius 1 is 1.27 bits per heavy atom. The summed E-state index contributed by atoms with van der Waals surface area (Å²) in [6, 6.07) is 10.3. The number of hydrogen-bond donors (Lipinski definition) is 1. The Morgan fingerprint density at radius 3 is 2.93 bits per heavy atom. The molecule has 2 aromatic heterocycles. The van der Waals surface area contributed by atoms with Gasteiger partial charge in [0.25, 0.3) is 5.56 Å². The minimum Gasteiger partial charge on any atom is -0.491 e. The summed E-state index contributed by atoms with van der Waals surface area (Å²) in [7, 11) is 1.67. The van der Waals surface area contributed by atoms with E-state index >= 15 is 0 Å². The number of likely N-dealkylation sites (tertiary alicyclic amines) is 1. The molecule has 0 radical (unpaired) electrons. The monoisotopic (exact) mass is 410 g/mol. The van der Waals surface area contributed by atoms with Crippen LogP contribution < -0.4 is 10.3 Å². The van der Waals surface area contributed by atoms with Gasteiger partial charge < -0.3 is 9.47 Å². The molecule has 1 fully saturated rings. The van der Waals surface area contributed by atoms with Crippen LogP contribution in [0.5, 0.6) is 5.75 Å². The largest absolute Gasteiger partial charge is 0.491 e. The zero-order valence-electron chi connectivity index (χ0n) is 18.0. The Balaban J connectivity index is 1.44. The summed E-state index contributed by atoms with van der Waals surface area (Å²) in [5.41, 5.74) is 4.67. The number of aryl methyl sites for hydroxylation is 1. The van der Waals surface area contributed by atoms with Gasteiger partial charge in [-0.25, -0.2) is 9.50 Å². The average molecular weight is 411 g/mol. The van der Waals surface area contributed by atoms with Crippen molar-refractivity contribution in [3.8, 4) is 5.75 Å². The van der Waals surface area contributed by atoms with Gasteiger partial charge in [-0.05, 0) is 44.0 Å². The fourth-order valence-electron chi connectivity index (χ4n) is 4.27. The molecule has 4 rings (SSSR count). The first kappa shape index (κ1) is 20.6. The number of methoxy groups -OCH3 is 1. The third-order valence-electron chi connectivity index (χ3n) is 5.86. The maximum Gasteiger partial charge on any atom is 0.276 e. The zero-order chi connectivity index (χ0) is 21.1. The summed E-state index contributed by atoms with van der Waals surface area (Å²) in [5, 5.41) is 3.31. The number of nitrogens with one attached hydrogen (secondary N) is 1. The molecule has 0 aliphatic carbocycles. The molecule has 0 spiro atoms. The van der Waals surface area contributed by atoms with Crippen LogP contribution in [0, 0.1) is 6.92 Å². The number of aromatic amines is 1. The van der Waals surface area contributed by atoms with Gasteiger partial charge in [-0.2, -0.15) is 0 Å². The molecule has 1 aliphatic heterocycles. The Hall–Kier alpha value is -2.64. The molecule has 1 N–H and O–H groups in total. The molecule has 30 heavy (non-hydrogen) atoms. The maximum atomic E-state index is 12.7. The van der Waals surface area contributed by atoms with Gasteiger partial charge in [0.1, 0.15) is 12.4 Å². The van der Waals surface area contributed by atoms with Crippen LogP contribution >= 0.6 is 0 Å². The topological polar surface area (TPSA) is 71.9 Å². The van der Waals surface area contributed by atoms with Crippen molar-refractivity contribution in [1.29, 1.82) is 0 Å². The molecular weight excluding hydrogens is 380 g/mol. The highest BCUT2D eigenvalue weighted by molar-refractivity contribution is 5.42. The van der Waals surface area contributed by atoms with Crippen molar-refractivity contribution in [2.75, 3.05) is 33.4 Å². The van der Waals surface area contributed by atoms with Gasteiger partial charge in [-0.3, -0.25) is 14.8 Å². The third-order valence-corrected chi connectivity index (χ3v) is 5.86. The molecule has 3 heterocycles. The molecule has 0 saturated carbocycles. The molecule has 0 amide bonds. The Kier molecular flexibility index (Phi) is 6.20. The van der Waals surface area contributed by atoms with E-state index in [-0.39, 0.29) is 5.56 Å². The van der Waals surface area contributed by atoms with Crippen molar-refractivity contribution in [3.63, 3.8) is 0 Å². The van der Waals surface area contributed by atoms with E-state index < -0.39 is 0 Å². The minimum atomic E-state index is 0.0198. The van der Waals surface area contributed by atoms with Gasteiger partial charge in [0.05, 0.1) is 6.61 Å². The number of nitrogens with zero attached hydrogens (tertiary/aromatic N) is 3. The summed E-state index contributed by atoms with van der Waals surface area (Å²) >= 11 is 0. The van der Waals surface area contributed by atoms with Crippen molar-refractivity contribution in [3.05, 3.63) is 63.2 Å². The highest BCUT2D eigenvalue weighted by atomic mass is 16.5. The molecule has 7 heteroatoms. The van der Waals surface area contributed by atoms with E-state index in [1.165, 1.54) is 5.56 Å². The second kappa shape index (κ2) is 9.02. The highest BCUT2D eigenvalue weighted by Gasteiger charge is 2.26. The molecule has 1 aliphatic rings. The maximum absolute atomic E-state index is 12.7. The smallest absolute Gasteiger partial charge is 0.276 e.